The van der Waals surface area contributed by atoms with Gasteiger partial charge in [0.25, 0.3) is 0 Å². The lowest BCUT2D eigenvalue weighted by Crippen LogP contribution is -2.18. The molecule has 124 valence electrons. The molecule has 3 rings (SSSR count). The minimum absolute atomic E-state index is 0.0106. The number of carbonyl (C=O) groups excluding carboxylic acids is 2. The minimum Gasteiger partial charge on any atom is -0.496 e. The van der Waals surface area contributed by atoms with Crippen molar-refractivity contribution in [1.29, 1.82) is 0 Å². The summed E-state index contributed by atoms with van der Waals surface area (Å²) in [6.07, 6.45) is 1.08. The van der Waals surface area contributed by atoms with E-state index in [-0.39, 0.29) is 6.61 Å². The first-order valence-corrected chi connectivity index (χ1v) is 8.73. The van der Waals surface area contributed by atoms with Crippen molar-refractivity contribution < 1.29 is 23.8 Å². The molecule has 0 fully saturated rings. The van der Waals surface area contributed by atoms with E-state index >= 15 is 0 Å². The van der Waals surface area contributed by atoms with Crippen LogP contribution in [0.25, 0.3) is 5.57 Å². The van der Waals surface area contributed by atoms with Gasteiger partial charge in [-0.05, 0) is 51.1 Å². The van der Waals surface area contributed by atoms with Crippen molar-refractivity contribution in [2.75, 3.05) is 13.7 Å². The molecule has 0 radical (unpaired) electrons. The van der Waals surface area contributed by atoms with Crippen LogP contribution in [-0.4, -0.2) is 31.8 Å². The molecular formula is C17H13BrO5S. The standard InChI is InChI=1S/C17H13BrO5S/c1-21-14-5-4-10(7-13(14)18)12-8-11(23-16(12)19)9-22-17(20)15-3-2-6-24-15/h2-8,11H,9H2,1H3. The highest BCUT2D eigenvalue weighted by atomic mass is 79.9. The molecule has 0 aliphatic carbocycles. The maximum Gasteiger partial charge on any atom is 0.348 e. The van der Waals surface area contributed by atoms with Crippen molar-refractivity contribution >= 4 is 44.8 Å². The Morgan fingerprint density at radius 3 is 2.88 bits per heavy atom. The normalized spacial score (nSPS) is 16.5. The van der Waals surface area contributed by atoms with E-state index < -0.39 is 18.0 Å². The average molecular weight is 409 g/mol. The van der Waals surface area contributed by atoms with Crippen LogP contribution in [0.15, 0.2) is 46.3 Å². The van der Waals surface area contributed by atoms with Gasteiger partial charge in [-0.25, -0.2) is 9.59 Å². The first kappa shape index (κ1) is 16.7. The summed E-state index contributed by atoms with van der Waals surface area (Å²) >= 11 is 4.69. The van der Waals surface area contributed by atoms with Crippen LogP contribution >= 0.6 is 27.3 Å². The molecule has 0 bridgehead atoms. The third-order valence-corrected chi connectivity index (χ3v) is 4.86. The van der Waals surface area contributed by atoms with Crippen LogP contribution in [0.4, 0.5) is 0 Å². The lowest BCUT2D eigenvalue weighted by atomic mass is 10.1. The molecule has 0 amide bonds. The van der Waals surface area contributed by atoms with Crippen molar-refractivity contribution in [3.8, 4) is 5.75 Å². The Balaban J connectivity index is 1.69. The maximum absolute atomic E-state index is 12.0. The number of rotatable bonds is 5. The molecule has 1 atom stereocenters. The largest absolute Gasteiger partial charge is 0.496 e. The zero-order valence-electron chi connectivity index (χ0n) is 12.7. The van der Waals surface area contributed by atoms with Gasteiger partial charge in [-0.2, -0.15) is 0 Å². The van der Waals surface area contributed by atoms with Gasteiger partial charge in [0.05, 0.1) is 17.2 Å². The number of carbonyl (C=O) groups is 2. The minimum atomic E-state index is -0.586. The van der Waals surface area contributed by atoms with Gasteiger partial charge in [0.15, 0.2) is 6.10 Å². The molecule has 1 aliphatic heterocycles. The summed E-state index contributed by atoms with van der Waals surface area (Å²) in [5.74, 6) is -0.188. The summed E-state index contributed by atoms with van der Waals surface area (Å²) in [4.78, 5) is 24.4. The summed E-state index contributed by atoms with van der Waals surface area (Å²) in [7, 11) is 1.57. The van der Waals surface area contributed by atoms with Crippen molar-refractivity contribution in [3.05, 3.63) is 56.7 Å². The van der Waals surface area contributed by atoms with Crippen LogP contribution in [0.2, 0.25) is 0 Å². The lowest BCUT2D eigenvalue weighted by Gasteiger charge is -2.08. The summed E-state index contributed by atoms with van der Waals surface area (Å²) in [6.45, 7) is -0.0106. The van der Waals surface area contributed by atoms with Crippen LogP contribution in [0.5, 0.6) is 5.75 Å². The Morgan fingerprint density at radius 2 is 2.21 bits per heavy atom. The SMILES string of the molecule is COc1ccc(C2=CC(COC(=O)c3cccs3)OC2=O)cc1Br. The van der Waals surface area contributed by atoms with Crippen LogP contribution in [0.1, 0.15) is 15.2 Å². The summed E-state index contributed by atoms with van der Waals surface area (Å²) in [6, 6.07) is 8.78. The first-order chi connectivity index (χ1) is 11.6. The zero-order chi connectivity index (χ0) is 17.1. The molecule has 0 saturated carbocycles. The molecule has 1 aromatic heterocycles. The Morgan fingerprint density at radius 1 is 1.38 bits per heavy atom. The Bertz CT molecular complexity index is 797. The zero-order valence-corrected chi connectivity index (χ0v) is 15.1. The van der Waals surface area contributed by atoms with E-state index in [1.165, 1.54) is 11.3 Å². The predicted molar refractivity (Wildman–Crippen MR) is 93.2 cm³/mol. The Kier molecular flexibility index (Phi) is 5.01. The van der Waals surface area contributed by atoms with Gasteiger partial charge < -0.3 is 14.2 Å². The van der Waals surface area contributed by atoms with E-state index in [1.807, 2.05) is 0 Å². The van der Waals surface area contributed by atoms with Gasteiger partial charge in [0.2, 0.25) is 0 Å². The number of ether oxygens (including phenoxy) is 3. The maximum atomic E-state index is 12.0. The molecule has 1 aromatic carbocycles. The number of hydrogen-bond donors (Lipinski definition) is 0. The van der Waals surface area contributed by atoms with E-state index in [4.69, 9.17) is 14.2 Å². The molecule has 1 aliphatic rings. The van der Waals surface area contributed by atoms with Crippen LogP contribution < -0.4 is 4.74 Å². The highest BCUT2D eigenvalue weighted by molar-refractivity contribution is 9.10. The second kappa shape index (κ2) is 7.19. The Hall–Kier alpha value is -2.12. The van der Waals surface area contributed by atoms with Gasteiger partial charge in [0.1, 0.15) is 17.2 Å². The number of halogens is 1. The third-order valence-electron chi connectivity index (χ3n) is 3.39. The van der Waals surface area contributed by atoms with Crippen molar-refractivity contribution in [1.82, 2.24) is 0 Å². The topological polar surface area (TPSA) is 61.8 Å². The van der Waals surface area contributed by atoms with Gasteiger partial charge in [-0.15, -0.1) is 11.3 Å². The average Bonchev–Trinajstić information content (AvgIpc) is 3.22. The molecule has 1 unspecified atom stereocenters. The molecule has 7 heteroatoms. The molecule has 0 spiro atoms. The second-order valence-electron chi connectivity index (χ2n) is 4.95. The fourth-order valence-corrected chi connectivity index (χ4v) is 3.40. The van der Waals surface area contributed by atoms with Gasteiger partial charge in [0, 0.05) is 0 Å². The van der Waals surface area contributed by atoms with E-state index in [1.54, 1.807) is 48.9 Å². The van der Waals surface area contributed by atoms with Gasteiger partial charge in [-0.1, -0.05) is 12.1 Å². The monoisotopic (exact) mass is 408 g/mol. The van der Waals surface area contributed by atoms with Crippen LogP contribution in [0, 0.1) is 0 Å². The number of hydrogen-bond acceptors (Lipinski definition) is 6. The molecule has 2 aromatic rings. The second-order valence-corrected chi connectivity index (χ2v) is 6.75. The molecule has 24 heavy (non-hydrogen) atoms. The highest BCUT2D eigenvalue weighted by Crippen LogP contribution is 2.31. The smallest absolute Gasteiger partial charge is 0.348 e. The van der Waals surface area contributed by atoms with Crippen molar-refractivity contribution in [2.45, 2.75) is 6.10 Å². The lowest BCUT2D eigenvalue weighted by molar-refractivity contribution is -0.139. The quantitative estimate of drug-likeness (QED) is 0.706. The van der Waals surface area contributed by atoms with Crippen LogP contribution in [-0.2, 0) is 14.3 Å². The fraction of sp³-hybridized carbons (Fsp3) is 0.176. The van der Waals surface area contributed by atoms with Gasteiger partial charge in [-0.3, -0.25) is 0 Å². The summed E-state index contributed by atoms with van der Waals surface area (Å²) in [5, 5.41) is 1.80. The number of cyclic esters (lactones) is 1. The fourth-order valence-electron chi connectivity index (χ4n) is 2.24. The molecule has 0 saturated heterocycles. The van der Waals surface area contributed by atoms with Crippen molar-refractivity contribution in [2.24, 2.45) is 0 Å². The van der Waals surface area contributed by atoms with E-state index in [2.05, 4.69) is 15.9 Å². The predicted octanol–water partition coefficient (Wildman–Crippen LogP) is 3.69. The number of benzene rings is 1. The van der Waals surface area contributed by atoms with Crippen molar-refractivity contribution in [3.63, 3.8) is 0 Å². The van der Waals surface area contributed by atoms with E-state index in [9.17, 15) is 9.59 Å². The number of thiophene rings is 1. The molecule has 2 heterocycles. The highest BCUT2D eigenvalue weighted by Gasteiger charge is 2.28. The number of esters is 2. The Labute approximate surface area is 151 Å². The number of methoxy groups -OCH3 is 1. The summed E-state index contributed by atoms with van der Waals surface area (Å²) < 4.78 is 16.3. The third kappa shape index (κ3) is 3.52. The molecular weight excluding hydrogens is 396 g/mol. The van der Waals surface area contributed by atoms with Gasteiger partial charge >= 0.3 is 11.9 Å². The molecule has 5 nitrogen and oxygen atoms in total. The first-order valence-electron chi connectivity index (χ1n) is 7.06. The van der Waals surface area contributed by atoms with Crippen LogP contribution in [0.3, 0.4) is 0 Å². The van der Waals surface area contributed by atoms with E-state index in [0.717, 1.165) is 4.47 Å². The summed E-state index contributed by atoms with van der Waals surface area (Å²) in [5.41, 5.74) is 1.15. The van der Waals surface area contributed by atoms with E-state index in [0.29, 0.717) is 21.8 Å². The molecule has 0 N–H and O–H groups in total.